The maximum atomic E-state index is 12.5. The fourth-order valence-corrected chi connectivity index (χ4v) is 2.91. The van der Waals surface area contributed by atoms with Gasteiger partial charge >= 0.3 is 5.97 Å². The van der Waals surface area contributed by atoms with Gasteiger partial charge in [-0.1, -0.05) is 12.1 Å². The van der Waals surface area contributed by atoms with E-state index in [0.717, 1.165) is 24.9 Å². The van der Waals surface area contributed by atoms with E-state index in [-0.39, 0.29) is 12.3 Å². The highest BCUT2D eigenvalue weighted by molar-refractivity contribution is 5.94. The summed E-state index contributed by atoms with van der Waals surface area (Å²) in [7, 11) is 1.64. The van der Waals surface area contributed by atoms with Crippen LogP contribution < -0.4 is 0 Å². The van der Waals surface area contributed by atoms with Crippen LogP contribution in [0.25, 0.3) is 0 Å². The number of hydrogen-bond donors (Lipinski definition) is 1. The molecule has 5 nitrogen and oxygen atoms in total. The maximum absolute atomic E-state index is 12.5. The molecule has 1 unspecified atom stereocenters. The van der Waals surface area contributed by atoms with Crippen molar-refractivity contribution in [1.29, 1.82) is 0 Å². The van der Waals surface area contributed by atoms with Crippen LogP contribution in [0.5, 0.6) is 0 Å². The third-order valence-electron chi connectivity index (χ3n) is 4.08. The largest absolute Gasteiger partial charge is 0.481 e. The number of carbonyl (C=O) groups excluding carboxylic acids is 1. The van der Waals surface area contributed by atoms with Gasteiger partial charge in [-0.15, -0.1) is 0 Å². The number of piperidine rings is 1. The van der Waals surface area contributed by atoms with Crippen molar-refractivity contribution in [3.05, 3.63) is 35.4 Å². The van der Waals surface area contributed by atoms with Gasteiger partial charge in [0.1, 0.15) is 0 Å². The highest BCUT2D eigenvalue weighted by Crippen LogP contribution is 2.22. The summed E-state index contributed by atoms with van der Waals surface area (Å²) < 4.78 is 5.06. The normalized spacial score (nSPS) is 18.2. The number of carboxylic acids is 1. The fraction of sp³-hybridized carbons (Fsp3) is 0.529. The number of benzene rings is 1. The van der Waals surface area contributed by atoms with E-state index in [1.807, 2.05) is 29.2 Å². The van der Waals surface area contributed by atoms with E-state index in [1.165, 1.54) is 0 Å². The van der Waals surface area contributed by atoms with E-state index < -0.39 is 5.97 Å². The van der Waals surface area contributed by atoms with Crippen molar-refractivity contribution in [3.63, 3.8) is 0 Å². The summed E-state index contributed by atoms with van der Waals surface area (Å²) in [6.45, 7) is 1.95. The molecule has 1 aliphatic heterocycles. The average Bonchev–Trinajstić information content (AvgIpc) is 2.53. The minimum atomic E-state index is -0.766. The molecule has 120 valence electrons. The summed E-state index contributed by atoms with van der Waals surface area (Å²) >= 11 is 0. The summed E-state index contributed by atoms with van der Waals surface area (Å²) in [6.07, 6.45) is 2.77. The van der Waals surface area contributed by atoms with Crippen LogP contribution in [0, 0.1) is 5.92 Å². The third kappa shape index (κ3) is 4.56. The first-order valence-corrected chi connectivity index (χ1v) is 7.69. The molecule has 5 heteroatoms. The molecule has 1 heterocycles. The number of likely N-dealkylation sites (tertiary alicyclic amines) is 1. The SMILES string of the molecule is COCc1ccc(C(=O)N2CCCC(CCC(=O)O)C2)cc1. The first kappa shape index (κ1) is 16.5. The van der Waals surface area contributed by atoms with E-state index in [2.05, 4.69) is 0 Å². The maximum Gasteiger partial charge on any atom is 0.303 e. The summed E-state index contributed by atoms with van der Waals surface area (Å²) in [5, 5.41) is 8.78. The molecule has 1 aromatic carbocycles. The van der Waals surface area contributed by atoms with E-state index >= 15 is 0 Å². The van der Waals surface area contributed by atoms with Crippen molar-refractivity contribution < 1.29 is 19.4 Å². The van der Waals surface area contributed by atoms with Gasteiger partial charge in [0.25, 0.3) is 5.91 Å². The predicted octanol–water partition coefficient (Wildman–Crippen LogP) is 2.55. The average molecular weight is 305 g/mol. The monoisotopic (exact) mass is 305 g/mol. The molecule has 0 aliphatic carbocycles. The molecule has 1 atom stereocenters. The number of aliphatic carboxylic acids is 1. The Morgan fingerprint density at radius 1 is 1.32 bits per heavy atom. The Kier molecular flexibility index (Phi) is 5.95. The molecule has 0 spiro atoms. The number of methoxy groups -OCH3 is 1. The van der Waals surface area contributed by atoms with Gasteiger partial charge in [-0.2, -0.15) is 0 Å². The molecule has 2 rings (SSSR count). The molecular formula is C17H23NO4. The molecule has 1 aliphatic rings. The second kappa shape index (κ2) is 7.94. The molecule has 0 aromatic heterocycles. The smallest absolute Gasteiger partial charge is 0.303 e. The lowest BCUT2D eigenvalue weighted by molar-refractivity contribution is -0.137. The second-order valence-electron chi connectivity index (χ2n) is 5.82. The number of ether oxygens (including phenoxy) is 1. The van der Waals surface area contributed by atoms with Crippen LogP contribution in [0.15, 0.2) is 24.3 Å². The molecule has 0 bridgehead atoms. The van der Waals surface area contributed by atoms with Gasteiger partial charge in [0.05, 0.1) is 6.61 Å². The highest BCUT2D eigenvalue weighted by Gasteiger charge is 2.24. The van der Waals surface area contributed by atoms with E-state index in [0.29, 0.717) is 31.1 Å². The minimum Gasteiger partial charge on any atom is -0.481 e. The van der Waals surface area contributed by atoms with Gasteiger partial charge in [0.2, 0.25) is 0 Å². The summed E-state index contributed by atoms with van der Waals surface area (Å²) in [5.41, 5.74) is 1.72. The van der Waals surface area contributed by atoms with Crippen molar-refractivity contribution >= 4 is 11.9 Å². The lowest BCUT2D eigenvalue weighted by atomic mass is 9.93. The Balaban J connectivity index is 1.94. The van der Waals surface area contributed by atoms with Gasteiger partial charge in [-0.05, 0) is 42.9 Å². The van der Waals surface area contributed by atoms with Crippen molar-refractivity contribution in [2.24, 2.45) is 5.92 Å². The van der Waals surface area contributed by atoms with Crippen LogP contribution in [0.2, 0.25) is 0 Å². The number of nitrogens with zero attached hydrogens (tertiary/aromatic N) is 1. The zero-order valence-corrected chi connectivity index (χ0v) is 13.0. The Labute approximate surface area is 130 Å². The number of amides is 1. The summed E-state index contributed by atoms with van der Waals surface area (Å²) in [4.78, 5) is 25.1. The quantitative estimate of drug-likeness (QED) is 0.877. The Morgan fingerprint density at radius 3 is 2.68 bits per heavy atom. The molecule has 1 saturated heterocycles. The van der Waals surface area contributed by atoms with Gasteiger partial charge in [0.15, 0.2) is 0 Å². The highest BCUT2D eigenvalue weighted by atomic mass is 16.5. The Hall–Kier alpha value is -1.88. The first-order valence-electron chi connectivity index (χ1n) is 7.69. The van der Waals surface area contributed by atoms with Crippen LogP contribution in [0.3, 0.4) is 0 Å². The van der Waals surface area contributed by atoms with Gasteiger partial charge < -0.3 is 14.7 Å². The molecule has 1 fully saturated rings. The fourth-order valence-electron chi connectivity index (χ4n) is 2.91. The topological polar surface area (TPSA) is 66.8 Å². The Bertz CT molecular complexity index is 512. The van der Waals surface area contributed by atoms with Crippen LogP contribution in [0.1, 0.15) is 41.6 Å². The number of rotatable bonds is 6. The summed E-state index contributed by atoms with van der Waals surface area (Å²) in [6, 6.07) is 7.47. The van der Waals surface area contributed by atoms with Crippen molar-refractivity contribution in [3.8, 4) is 0 Å². The molecule has 0 radical (unpaired) electrons. The first-order chi connectivity index (χ1) is 10.6. The zero-order chi connectivity index (χ0) is 15.9. The van der Waals surface area contributed by atoms with Crippen molar-refractivity contribution in [2.45, 2.75) is 32.3 Å². The third-order valence-corrected chi connectivity index (χ3v) is 4.08. The van der Waals surface area contributed by atoms with Crippen LogP contribution in [-0.4, -0.2) is 42.1 Å². The van der Waals surface area contributed by atoms with Gasteiger partial charge in [0, 0.05) is 32.2 Å². The minimum absolute atomic E-state index is 0.0315. The number of carbonyl (C=O) groups is 2. The van der Waals surface area contributed by atoms with E-state index in [9.17, 15) is 9.59 Å². The Morgan fingerprint density at radius 2 is 2.05 bits per heavy atom. The molecule has 22 heavy (non-hydrogen) atoms. The zero-order valence-electron chi connectivity index (χ0n) is 13.0. The molecular weight excluding hydrogens is 282 g/mol. The van der Waals surface area contributed by atoms with E-state index in [1.54, 1.807) is 7.11 Å². The van der Waals surface area contributed by atoms with Gasteiger partial charge in [-0.25, -0.2) is 0 Å². The van der Waals surface area contributed by atoms with Crippen molar-refractivity contribution in [1.82, 2.24) is 4.90 Å². The van der Waals surface area contributed by atoms with E-state index in [4.69, 9.17) is 9.84 Å². The molecule has 0 saturated carbocycles. The molecule has 1 aromatic rings. The second-order valence-corrected chi connectivity index (χ2v) is 5.82. The lowest BCUT2D eigenvalue weighted by Crippen LogP contribution is -2.40. The predicted molar refractivity (Wildman–Crippen MR) is 82.7 cm³/mol. The number of carboxylic acid groups (broad SMARTS) is 1. The lowest BCUT2D eigenvalue weighted by Gasteiger charge is -2.32. The van der Waals surface area contributed by atoms with Gasteiger partial charge in [-0.3, -0.25) is 9.59 Å². The van der Waals surface area contributed by atoms with Crippen LogP contribution in [0.4, 0.5) is 0 Å². The number of hydrogen-bond acceptors (Lipinski definition) is 3. The molecule has 1 N–H and O–H groups in total. The van der Waals surface area contributed by atoms with Crippen molar-refractivity contribution in [2.75, 3.05) is 20.2 Å². The molecule has 1 amide bonds. The summed E-state index contributed by atoms with van der Waals surface area (Å²) in [5.74, 6) is -0.442. The van der Waals surface area contributed by atoms with Crippen LogP contribution in [-0.2, 0) is 16.1 Å². The van der Waals surface area contributed by atoms with Crippen LogP contribution >= 0.6 is 0 Å². The standard InChI is InChI=1S/C17H23NO4/c1-22-12-14-4-7-15(8-5-14)17(21)18-10-2-3-13(11-18)6-9-16(19)20/h4-5,7-8,13H,2-3,6,9-12H2,1H3,(H,19,20).